The number of nitrogens with zero attached hydrogens (tertiary/aromatic N) is 1. The molecule has 1 N–H and O–H groups in total. The molecule has 33 heavy (non-hydrogen) atoms. The SMILES string of the molecule is CC[C@@H](C)NC(=O)[C@H](C)N(Cc1cccc(Br)c1)C(=O)COc1ccc(C(C)(C)C)cc1Br. The molecule has 0 aliphatic rings. The molecule has 0 aliphatic heterocycles. The monoisotopic (exact) mass is 580 g/mol. The lowest BCUT2D eigenvalue weighted by atomic mass is 9.87. The first kappa shape index (κ1) is 27.4. The first-order valence-electron chi connectivity index (χ1n) is 11.2. The van der Waals surface area contributed by atoms with E-state index >= 15 is 0 Å². The standard InChI is InChI=1S/C26H34Br2N2O3/c1-7-17(2)29-25(32)18(3)30(15-19-9-8-10-21(27)13-19)24(31)16-33-23-12-11-20(14-22(23)28)26(4,5)6/h8-14,17-18H,7,15-16H2,1-6H3,(H,29,32)/t17-,18+/m1/s1. The van der Waals surface area contributed by atoms with E-state index in [0.29, 0.717) is 12.3 Å². The molecular weight excluding hydrogens is 548 g/mol. The maximum atomic E-state index is 13.2. The summed E-state index contributed by atoms with van der Waals surface area (Å²) in [5.41, 5.74) is 2.10. The highest BCUT2D eigenvalue weighted by Gasteiger charge is 2.27. The van der Waals surface area contributed by atoms with Crippen LogP contribution in [0.2, 0.25) is 0 Å². The second-order valence-electron chi connectivity index (χ2n) is 9.33. The molecule has 180 valence electrons. The highest BCUT2D eigenvalue weighted by molar-refractivity contribution is 9.10. The molecule has 0 bridgehead atoms. The van der Waals surface area contributed by atoms with E-state index in [0.717, 1.165) is 20.9 Å². The Morgan fingerprint density at radius 2 is 1.79 bits per heavy atom. The normalized spacial score (nSPS) is 13.2. The smallest absolute Gasteiger partial charge is 0.261 e. The summed E-state index contributed by atoms with van der Waals surface area (Å²) in [7, 11) is 0. The Hall–Kier alpha value is -1.86. The zero-order valence-electron chi connectivity index (χ0n) is 20.2. The van der Waals surface area contributed by atoms with Gasteiger partial charge in [0.15, 0.2) is 6.61 Å². The summed E-state index contributed by atoms with van der Waals surface area (Å²) in [6, 6.07) is 13.0. The van der Waals surface area contributed by atoms with Crippen LogP contribution in [0.5, 0.6) is 5.75 Å². The van der Waals surface area contributed by atoms with Crippen LogP contribution in [0.15, 0.2) is 51.4 Å². The van der Waals surface area contributed by atoms with Gasteiger partial charge >= 0.3 is 0 Å². The molecule has 0 aliphatic carbocycles. The van der Waals surface area contributed by atoms with Crippen LogP contribution in [0.1, 0.15) is 59.1 Å². The van der Waals surface area contributed by atoms with Crippen LogP contribution < -0.4 is 10.1 Å². The zero-order chi connectivity index (χ0) is 24.8. The Morgan fingerprint density at radius 3 is 2.36 bits per heavy atom. The Kier molecular flexibility index (Phi) is 9.98. The van der Waals surface area contributed by atoms with E-state index in [1.165, 1.54) is 5.56 Å². The van der Waals surface area contributed by atoms with Crippen LogP contribution in [0.25, 0.3) is 0 Å². The molecule has 2 atom stereocenters. The summed E-state index contributed by atoms with van der Waals surface area (Å²) in [5.74, 6) is 0.160. The van der Waals surface area contributed by atoms with E-state index in [-0.39, 0.29) is 29.9 Å². The molecule has 5 nitrogen and oxygen atoms in total. The maximum absolute atomic E-state index is 13.2. The summed E-state index contributed by atoms with van der Waals surface area (Å²) >= 11 is 7.03. The van der Waals surface area contributed by atoms with Gasteiger partial charge in [0, 0.05) is 17.1 Å². The Labute approximate surface area is 214 Å². The lowest BCUT2D eigenvalue weighted by molar-refractivity contribution is -0.142. The lowest BCUT2D eigenvalue weighted by Crippen LogP contribution is -2.50. The number of ether oxygens (including phenoxy) is 1. The van der Waals surface area contributed by atoms with Crippen molar-refractivity contribution in [3.63, 3.8) is 0 Å². The average molecular weight is 582 g/mol. The molecule has 0 spiro atoms. The minimum atomic E-state index is -0.638. The minimum Gasteiger partial charge on any atom is -0.483 e. The number of hydrogen-bond donors (Lipinski definition) is 1. The van der Waals surface area contributed by atoms with Crippen LogP contribution in [0, 0.1) is 0 Å². The summed E-state index contributed by atoms with van der Waals surface area (Å²) in [4.78, 5) is 27.6. The van der Waals surface area contributed by atoms with Gasteiger partial charge in [-0.3, -0.25) is 9.59 Å². The molecule has 2 amide bonds. The molecule has 2 rings (SSSR count). The van der Waals surface area contributed by atoms with Crippen LogP contribution in [-0.2, 0) is 21.5 Å². The first-order chi connectivity index (χ1) is 15.4. The fraction of sp³-hybridized carbons (Fsp3) is 0.462. The fourth-order valence-corrected chi connectivity index (χ4v) is 4.13. The van der Waals surface area contributed by atoms with Crippen molar-refractivity contribution in [1.82, 2.24) is 10.2 Å². The lowest BCUT2D eigenvalue weighted by Gasteiger charge is -2.29. The van der Waals surface area contributed by atoms with Crippen molar-refractivity contribution in [3.05, 3.63) is 62.5 Å². The van der Waals surface area contributed by atoms with Crippen LogP contribution in [0.4, 0.5) is 0 Å². The van der Waals surface area contributed by atoms with Crippen molar-refractivity contribution in [2.24, 2.45) is 0 Å². The van der Waals surface area contributed by atoms with E-state index in [1.54, 1.807) is 11.8 Å². The van der Waals surface area contributed by atoms with E-state index in [1.807, 2.05) is 56.3 Å². The van der Waals surface area contributed by atoms with Gasteiger partial charge in [-0.05, 0) is 77.0 Å². The summed E-state index contributed by atoms with van der Waals surface area (Å²) < 4.78 is 7.58. The summed E-state index contributed by atoms with van der Waals surface area (Å²) in [6.07, 6.45) is 0.819. The molecule has 2 aromatic carbocycles. The van der Waals surface area contributed by atoms with Gasteiger partial charge in [0.2, 0.25) is 5.91 Å². The average Bonchev–Trinajstić information content (AvgIpc) is 2.75. The van der Waals surface area contributed by atoms with E-state index < -0.39 is 6.04 Å². The molecule has 0 saturated heterocycles. The maximum Gasteiger partial charge on any atom is 0.261 e. The quantitative estimate of drug-likeness (QED) is 0.382. The largest absolute Gasteiger partial charge is 0.483 e. The molecule has 0 aromatic heterocycles. The van der Waals surface area contributed by atoms with Gasteiger partial charge in [-0.15, -0.1) is 0 Å². The number of nitrogens with one attached hydrogen (secondary N) is 1. The van der Waals surface area contributed by atoms with Gasteiger partial charge < -0.3 is 15.0 Å². The number of rotatable bonds is 9. The Morgan fingerprint density at radius 1 is 1.09 bits per heavy atom. The number of carbonyl (C=O) groups is 2. The van der Waals surface area contributed by atoms with Crippen LogP contribution in [-0.4, -0.2) is 35.4 Å². The van der Waals surface area contributed by atoms with Gasteiger partial charge in [0.1, 0.15) is 11.8 Å². The number of carbonyl (C=O) groups excluding carboxylic acids is 2. The molecule has 0 radical (unpaired) electrons. The summed E-state index contributed by atoms with van der Waals surface area (Å²) in [6.45, 7) is 12.3. The number of benzene rings is 2. The molecule has 2 aromatic rings. The van der Waals surface area contributed by atoms with Gasteiger partial charge in [-0.25, -0.2) is 0 Å². The van der Waals surface area contributed by atoms with Crippen molar-refractivity contribution in [1.29, 1.82) is 0 Å². The predicted octanol–water partition coefficient (Wildman–Crippen LogP) is 6.22. The van der Waals surface area contributed by atoms with Crippen molar-refractivity contribution in [3.8, 4) is 5.75 Å². The van der Waals surface area contributed by atoms with Gasteiger partial charge in [-0.1, -0.05) is 61.8 Å². The Bertz CT molecular complexity index is 972. The van der Waals surface area contributed by atoms with Crippen molar-refractivity contribution >= 4 is 43.7 Å². The molecule has 0 saturated carbocycles. The third kappa shape index (κ3) is 8.14. The fourth-order valence-electron chi connectivity index (χ4n) is 3.19. The topological polar surface area (TPSA) is 58.6 Å². The van der Waals surface area contributed by atoms with Crippen molar-refractivity contribution in [2.75, 3.05) is 6.61 Å². The number of halogens is 2. The van der Waals surface area contributed by atoms with Crippen LogP contribution in [0.3, 0.4) is 0 Å². The number of hydrogen-bond acceptors (Lipinski definition) is 3. The van der Waals surface area contributed by atoms with Crippen molar-refractivity contribution in [2.45, 2.75) is 72.0 Å². The zero-order valence-corrected chi connectivity index (χ0v) is 23.4. The summed E-state index contributed by atoms with van der Waals surface area (Å²) in [5, 5.41) is 2.97. The highest BCUT2D eigenvalue weighted by atomic mass is 79.9. The highest BCUT2D eigenvalue weighted by Crippen LogP contribution is 2.31. The van der Waals surface area contributed by atoms with Crippen LogP contribution >= 0.6 is 31.9 Å². The number of amides is 2. The molecule has 0 heterocycles. The van der Waals surface area contributed by atoms with Crippen molar-refractivity contribution < 1.29 is 14.3 Å². The first-order valence-corrected chi connectivity index (χ1v) is 12.8. The van der Waals surface area contributed by atoms with E-state index in [2.05, 4.69) is 57.9 Å². The van der Waals surface area contributed by atoms with Gasteiger partial charge in [-0.2, -0.15) is 0 Å². The van der Waals surface area contributed by atoms with Gasteiger partial charge in [0.05, 0.1) is 4.47 Å². The molecule has 0 unspecified atom stereocenters. The second-order valence-corrected chi connectivity index (χ2v) is 11.1. The van der Waals surface area contributed by atoms with E-state index in [4.69, 9.17) is 4.74 Å². The molecule has 7 heteroatoms. The minimum absolute atomic E-state index is 0.00997. The predicted molar refractivity (Wildman–Crippen MR) is 140 cm³/mol. The third-order valence-corrected chi connectivity index (χ3v) is 6.67. The molecular formula is C26H34Br2N2O3. The third-order valence-electron chi connectivity index (χ3n) is 5.56. The van der Waals surface area contributed by atoms with Gasteiger partial charge in [0.25, 0.3) is 5.91 Å². The van der Waals surface area contributed by atoms with E-state index in [9.17, 15) is 9.59 Å². The molecule has 0 fully saturated rings. The second kappa shape index (κ2) is 12.0. The Balaban J connectivity index is 2.19.